The number of ether oxygens (including phenoxy) is 2. The van der Waals surface area contributed by atoms with Crippen LogP contribution in [0, 0.1) is 11.8 Å². The van der Waals surface area contributed by atoms with Gasteiger partial charge in [0, 0.05) is 24.4 Å². The highest BCUT2D eigenvalue weighted by molar-refractivity contribution is 5.82. The number of hydrogen-bond acceptors (Lipinski definition) is 4. The second-order valence-electron chi connectivity index (χ2n) is 8.75. The Morgan fingerprint density at radius 2 is 1.93 bits per heavy atom. The first-order valence-corrected chi connectivity index (χ1v) is 9.78. The van der Waals surface area contributed by atoms with Crippen LogP contribution in [0.15, 0.2) is 24.3 Å². The molecule has 2 atom stereocenters. The molecule has 4 aliphatic rings. The number of piperidine rings is 1. The van der Waals surface area contributed by atoms with Gasteiger partial charge in [0.25, 0.3) is 0 Å². The fourth-order valence-corrected chi connectivity index (χ4v) is 5.33. The molecule has 2 saturated heterocycles. The van der Waals surface area contributed by atoms with Gasteiger partial charge in [-0.2, -0.15) is 0 Å². The quantitative estimate of drug-likeness (QED) is 0.832. The number of rotatable bonds is 3. The van der Waals surface area contributed by atoms with Crippen molar-refractivity contribution in [3.8, 4) is 5.75 Å². The molecule has 2 saturated carbocycles. The van der Waals surface area contributed by atoms with Crippen molar-refractivity contribution in [2.24, 2.45) is 11.8 Å². The Labute approximate surface area is 165 Å². The van der Waals surface area contributed by atoms with Crippen LogP contribution in [0.5, 0.6) is 5.75 Å². The zero-order valence-electron chi connectivity index (χ0n) is 15.6. The van der Waals surface area contributed by atoms with Gasteiger partial charge in [0.15, 0.2) is 0 Å². The van der Waals surface area contributed by atoms with Gasteiger partial charge in [-0.05, 0) is 49.3 Å². The highest BCUT2D eigenvalue weighted by Gasteiger charge is 2.59. The van der Waals surface area contributed by atoms with E-state index in [1.54, 1.807) is 12.1 Å². The molecule has 156 valence electrons. The Morgan fingerprint density at radius 1 is 1.21 bits per heavy atom. The van der Waals surface area contributed by atoms with Crippen molar-refractivity contribution >= 4 is 12.0 Å². The molecule has 9 heteroatoms. The number of carbonyl (C=O) groups is 2. The van der Waals surface area contributed by atoms with Crippen LogP contribution in [0.25, 0.3) is 0 Å². The van der Waals surface area contributed by atoms with Gasteiger partial charge >= 0.3 is 12.5 Å². The van der Waals surface area contributed by atoms with E-state index >= 15 is 0 Å². The van der Waals surface area contributed by atoms with Gasteiger partial charge < -0.3 is 19.7 Å². The van der Waals surface area contributed by atoms with Crippen molar-refractivity contribution in [1.82, 2.24) is 10.2 Å². The van der Waals surface area contributed by atoms with Gasteiger partial charge in [-0.3, -0.25) is 4.79 Å². The standard InChI is InChI=1S/C20H21F3N2O4/c21-20(22,23)29-15-3-1-13(2-4-15)19-5-6-25(10-14(19)9-19)16(26)12-7-18(8-12)11-28-17(27)24-18/h1-4,12,14H,5-11H2,(H,24,27)/t12-,14?,18+,19?. The molecule has 1 aromatic rings. The summed E-state index contributed by atoms with van der Waals surface area (Å²) in [4.78, 5) is 26.0. The number of amides is 2. The smallest absolute Gasteiger partial charge is 0.447 e. The number of fused-ring (bicyclic) bond motifs is 1. The minimum Gasteiger partial charge on any atom is -0.447 e. The molecule has 1 spiro atoms. The lowest BCUT2D eigenvalue weighted by molar-refractivity contribution is -0.274. The summed E-state index contributed by atoms with van der Waals surface area (Å²) in [6, 6.07) is 6.13. The summed E-state index contributed by atoms with van der Waals surface area (Å²) in [7, 11) is 0. The number of nitrogens with zero attached hydrogens (tertiary/aromatic N) is 1. The van der Waals surface area contributed by atoms with Gasteiger partial charge in [0.1, 0.15) is 12.4 Å². The molecule has 0 aromatic heterocycles. The Hall–Kier alpha value is -2.45. The van der Waals surface area contributed by atoms with Crippen LogP contribution < -0.4 is 10.1 Å². The third-order valence-electron chi connectivity index (χ3n) is 6.95. The molecule has 2 amide bonds. The van der Waals surface area contributed by atoms with Gasteiger partial charge in [-0.1, -0.05) is 12.1 Å². The molecule has 2 aliphatic heterocycles. The SMILES string of the molecule is O=C1N[C@]2(CO1)C[C@H](C(=O)N1CCC3(c4ccc(OC(F)(F)F)cc4)CC3C1)C2. The summed E-state index contributed by atoms with van der Waals surface area (Å²) < 4.78 is 45.9. The average Bonchev–Trinajstić information content (AvgIpc) is 3.24. The predicted molar refractivity (Wildman–Crippen MR) is 94.0 cm³/mol. The van der Waals surface area contributed by atoms with Crippen molar-refractivity contribution in [1.29, 1.82) is 0 Å². The van der Waals surface area contributed by atoms with Gasteiger partial charge in [0.2, 0.25) is 5.91 Å². The third kappa shape index (κ3) is 3.20. The van der Waals surface area contributed by atoms with Crippen molar-refractivity contribution < 1.29 is 32.2 Å². The van der Waals surface area contributed by atoms with E-state index in [1.807, 2.05) is 4.90 Å². The number of carbonyl (C=O) groups excluding carboxylic acids is 2. The number of alkyl halides is 3. The molecule has 1 N–H and O–H groups in total. The van der Waals surface area contributed by atoms with Crippen LogP contribution >= 0.6 is 0 Å². The van der Waals surface area contributed by atoms with E-state index in [9.17, 15) is 22.8 Å². The zero-order valence-corrected chi connectivity index (χ0v) is 15.6. The first-order valence-electron chi connectivity index (χ1n) is 9.78. The van der Waals surface area contributed by atoms with Crippen LogP contribution in [0.3, 0.4) is 0 Å². The molecule has 0 radical (unpaired) electrons. The lowest BCUT2D eigenvalue weighted by atomic mass is 9.68. The fourth-order valence-electron chi connectivity index (χ4n) is 5.33. The highest BCUT2D eigenvalue weighted by Crippen LogP contribution is 2.59. The Balaban J connectivity index is 1.18. The number of hydrogen-bond donors (Lipinski definition) is 1. The van der Waals surface area contributed by atoms with Gasteiger partial charge in [0.05, 0.1) is 5.54 Å². The maximum atomic E-state index is 12.8. The lowest BCUT2D eigenvalue weighted by Gasteiger charge is -2.44. The normalized spacial score (nSPS) is 35.4. The summed E-state index contributed by atoms with van der Waals surface area (Å²) in [5, 5.41) is 2.81. The van der Waals surface area contributed by atoms with Crippen LogP contribution in [0.1, 0.15) is 31.2 Å². The summed E-state index contributed by atoms with van der Waals surface area (Å²) in [5.41, 5.74) is 0.607. The monoisotopic (exact) mass is 410 g/mol. The Bertz CT molecular complexity index is 850. The van der Waals surface area contributed by atoms with Crippen molar-refractivity contribution in [2.75, 3.05) is 19.7 Å². The molecule has 1 aromatic carbocycles. The van der Waals surface area contributed by atoms with Crippen LogP contribution in [-0.4, -0.2) is 48.5 Å². The van der Waals surface area contributed by atoms with E-state index in [4.69, 9.17) is 4.74 Å². The van der Waals surface area contributed by atoms with E-state index in [1.165, 1.54) is 12.1 Å². The van der Waals surface area contributed by atoms with Gasteiger partial charge in [-0.15, -0.1) is 13.2 Å². The lowest BCUT2D eigenvalue weighted by Crippen LogP contribution is -2.58. The van der Waals surface area contributed by atoms with E-state index in [-0.39, 0.29) is 28.5 Å². The number of nitrogens with one attached hydrogen (secondary N) is 1. The van der Waals surface area contributed by atoms with Crippen LogP contribution in [0.2, 0.25) is 0 Å². The number of halogens is 3. The van der Waals surface area contributed by atoms with Crippen molar-refractivity contribution in [3.63, 3.8) is 0 Å². The minimum absolute atomic E-state index is 0.0400. The molecule has 2 heterocycles. The van der Waals surface area contributed by atoms with E-state index in [2.05, 4.69) is 10.1 Å². The summed E-state index contributed by atoms with van der Waals surface area (Å²) in [6.07, 6.45) is -2.13. The second kappa shape index (κ2) is 6.03. The maximum absolute atomic E-state index is 12.8. The number of alkyl carbamates (subject to hydrolysis) is 1. The molecule has 4 fully saturated rings. The number of benzene rings is 1. The first-order chi connectivity index (χ1) is 13.7. The Morgan fingerprint density at radius 3 is 2.52 bits per heavy atom. The summed E-state index contributed by atoms with van der Waals surface area (Å²) >= 11 is 0. The molecule has 29 heavy (non-hydrogen) atoms. The summed E-state index contributed by atoms with van der Waals surface area (Å²) in [5.74, 6) is 0.163. The second-order valence-corrected chi connectivity index (χ2v) is 8.75. The van der Waals surface area contributed by atoms with E-state index in [0.717, 1.165) is 18.4 Å². The van der Waals surface area contributed by atoms with E-state index in [0.29, 0.717) is 38.5 Å². The number of likely N-dealkylation sites (tertiary alicyclic amines) is 1. The van der Waals surface area contributed by atoms with Crippen molar-refractivity contribution in [3.05, 3.63) is 29.8 Å². The molecule has 0 bridgehead atoms. The first kappa shape index (κ1) is 18.6. The third-order valence-corrected chi connectivity index (χ3v) is 6.95. The van der Waals surface area contributed by atoms with Crippen LogP contribution in [-0.2, 0) is 14.9 Å². The summed E-state index contributed by atoms with van der Waals surface area (Å²) in [6.45, 7) is 1.64. The van der Waals surface area contributed by atoms with Gasteiger partial charge in [-0.25, -0.2) is 4.79 Å². The van der Waals surface area contributed by atoms with Crippen molar-refractivity contribution in [2.45, 2.75) is 43.0 Å². The molecule has 2 aliphatic carbocycles. The highest BCUT2D eigenvalue weighted by atomic mass is 19.4. The number of cyclic esters (lactones) is 1. The largest absolute Gasteiger partial charge is 0.573 e. The molecule has 5 rings (SSSR count). The maximum Gasteiger partial charge on any atom is 0.573 e. The zero-order chi connectivity index (χ0) is 20.4. The van der Waals surface area contributed by atoms with E-state index < -0.39 is 12.5 Å². The molecular formula is C20H21F3N2O4. The molecule has 6 nitrogen and oxygen atoms in total. The van der Waals surface area contributed by atoms with Crippen LogP contribution in [0.4, 0.5) is 18.0 Å². The topological polar surface area (TPSA) is 67.9 Å². The molecular weight excluding hydrogens is 389 g/mol. The molecule has 2 unspecified atom stereocenters. The average molecular weight is 410 g/mol. The fraction of sp³-hybridized carbons (Fsp3) is 0.600. The minimum atomic E-state index is -4.69. The predicted octanol–water partition coefficient (Wildman–Crippen LogP) is 2.96. The Kier molecular flexibility index (Phi) is 3.86.